The van der Waals surface area contributed by atoms with Gasteiger partial charge in [0, 0.05) is 49.9 Å². The van der Waals surface area contributed by atoms with Crippen molar-refractivity contribution in [3.05, 3.63) is 45.7 Å². The van der Waals surface area contributed by atoms with Gasteiger partial charge in [-0.1, -0.05) is 12.1 Å². The number of piperazine rings is 1. The summed E-state index contributed by atoms with van der Waals surface area (Å²) in [5.41, 5.74) is 1.80. The molecule has 0 spiro atoms. The number of rotatable bonds is 3. The summed E-state index contributed by atoms with van der Waals surface area (Å²) in [6.45, 7) is 2.91. The minimum atomic E-state index is 0.104. The number of hydrogen-bond acceptors (Lipinski definition) is 5. The Bertz CT molecular complexity index is 728. The molecule has 7 heteroatoms. The first kappa shape index (κ1) is 16.9. The molecule has 0 saturated carbocycles. The Balaban J connectivity index is 1.67. The quantitative estimate of drug-likeness (QED) is 0.689. The smallest absolute Gasteiger partial charge is 0.255 e. The third kappa shape index (κ3) is 3.61. The number of aromatic nitrogens is 2. The average Bonchev–Trinajstić information content (AvgIpc) is 2.62. The lowest BCUT2D eigenvalue weighted by Crippen LogP contribution is -2.49. The summed E-state index contributed by atoms with van der Waals surface area (Å²) < 4.78 is 0.993. The van der Waals surface area contributed by atoms with Crippen LogP contribution in [0.2, 0.25) is 0 Å². The lowest BCUT2D eigenvalue weighted by Gasteiger charge is -2.35. The van der Waals surface area contributed by atoms with Crippen LogP contribution in [0.4, 0.5) is 11.5 Å². The summed E-state index contributed by atoms with van der Waals surface area (Å²) in [7, 11) is 3.97. The Morgan fingerprint density at radius 2 is 1.88 bits per heavy atom. The van der Waals surface area contributed by atoms with E-state index in [9.17, 15) is 4.79 Å². The van der Waals surface area contributed by atoms with Crippen LogP contribution in [0.1, 0.15) is 10.4 Å². The average molecular weight is 437 g/mol. The Morgan fingerprint density at radius 1 is 1.17 bits per heavy atom. The number of halogens is 1. The zero-order valence-corrected chi connectivity index (χ0v) is 16.0. The summed E-state index contributed by atoms with van der Waals surface area (Å²) >= 11 is 2.21. The van der Waals surface area contributed by atoms with Crippen LogP contribution in [-0.4, -0.2) is 61.3 Å². The molecule has 0 bridgehead atoms. The van der Waals surface area contributed by atoms with Crippen molar-refractivity contribution >= 4 is 40.0 Å². The van der Waals surface area contributed by atoms with Crippen molar-refractivity contribution in [3.8, 4) is 0 Å². The summed E-state index contributed by atoms with van der Waals surface area (Å²) in [6, 6.07) is 9.75. The molecule has 2 aromatic rings. The highest BCUT2D eigenvalue weighted by molar-refractivity contribution is 14.1. The first-order valence-corrected chi connectivity index (χ1v) is 8.93. The van der Waals surface area contributed by atoms with Crippen LogP contribution in [0, 0.1) is 3.57 Å². The van der Waals surface area contributed by atoms with Gasteiger partial charge in [0.2, 0.25) is 0 Å². The van der Waals surface area contributed by atoms with E-state index in [-0.39, 0.29) is 5.91 Å². The fourth-order valence-corrected chi connectivity index (χ4v) is 3.31. The highest BCUT2D eigenvalue weighted by Crippen LogP contribution is 2.20. The van der Waals surface area contributed by atoms with Crippen LogP contribution in [0.3, 0.4) is 0 Å². The van der Waals surface area contributed by atoms with Gasteiger partial charge >= 0.3 is 0 Å². The molecule has 1 fully saturated rings. The summed E-state index contributed by atoms with van der Waals surface area (Å²) in [5.74, 6) is 0.968. The van der Waals surface area contributed by atoms with Crippen LogP contribution >= 0.6 is 22.6 Å². The van der Waals surface area contributed by atoms with Gasteiger partial charge in [0.15, 0.2) is 5.82 Å². The van der Waals surface area contributed by atoms with Gasteiger partial charge in [-0.25, -0.2) is 0 Å². The van der Waals surface area contributed by atoms with Gasteiger partial charge in [0.1, 0.15) is 0 Å². The van der Waals surface area contributed by atoms with Gasteiger partial charge in [-0.3, -0.25) is 4.79 Å². The Morgan fingerprint density at radius 3 is 2.54 bits per heavy atom. The number of nitrogens with zero attached hydrogens (tertiary/aromatic N) is 5. The highest BCUT2D eigenvalue weighted by Gasteiger charge is 2.24. The summed E-state index contributed by atoms with van der Waals surface area (Å²) in [6.07, 6.45) is 1.75. The lowest BCUT2D eigenvalue weighted by atomic mass is 10.2. The molecule has 1 aliphatic heterocycles. The van der Waals surface area contributed by atoms with Crippen molar-refractivity contribution in [2.24, 2.45) is 0 Å². The second kappa shape index (κ2) is 7.33. The molecular weight excluding hydrogens is 417 g/mol. The third-order valence-electron chi connectivity index (χ3n) is 4.14. The van der Waals surface area contributed by atoms with Crippen molar-refractivity contribution in [2.45, 2.75) is 0 Å². The van der Waals surface area contributed by atoms with Gasteiger partial charge in [-0.2, -0.15) is 5.10 Å². The van der Waals surface area contributed by atoms with Crippen LogP contribution < -0.4 is 9.80 Å². The minimum Gasteiger partial charge on any atom is -0.376 e. The second-order valence-electron chi connectivity index (χ2n) is 5.93. The predicted octanol–water partition coefficient (Wildman–Crippen LogP) is 2.11. The Kier molecular flexibility index (Phi) is 5.17. The number of carbonyl (C=O) groups excluding carboxylic acids is 1. The number of amides is 1. The van der Waals surface area contributed by atoms with Crippen molar-refractivity contribution in [1.82, 2.24) is 15.1 Å². The normalized spacial score (nSPS) is 14.6. The van der Waals surface area contributed by atoms with Crippen LogP contribution in [0.5, 0.6) is 0 Å². The fraction of sp³-hybridized carbons (Fsp3) is 0.353. The molecule has 1 amide bonds. The molecule has 0 atom stereocenters. The van der Waals surface area contributed by atoms with Crippen molar-refractivity contribution in [2.75, 3.05) is 50.1 Å². The summed E-state index contributed by atoms with van der Waals surface area (Å²) in [5, 5.41) is 8.31. The molecule has 0 N–H and O–H groups in total. The van der Waals surface area contributed by atoms with Gasteiger partial charge in [0.25, 0.3) is 5.91 Å². The largest absolute Gasteiger partial charge is 0.376 e. The molecular formula is C17H20IN5O. The van der Waals surface area contributed by atoms with Crippen molar-refractivity contribution in [1.29, 1.82) is 0 Å². The number of anilines is 2. The Labute approximate surface area is 155 Å². The SMILES string of the molecule is CN(C)c1cnnc(N2CCN(C(=O)c3ccccc3I)CC2)c1. The van der Waals surface area contributed by atoms with E-state index in [0.717, 1.165) is 33.7 Å². The molecule has 2 heterocycles. The molecule has 3 rings (SSSR count). The molecule has 126 valence electrons. The third-order valence-corrected chi connectivity index (χ3v) is 5.08. The number of hydrogen-bond donors (Lipinski definition) is 0. The van der Waals surface area contributed by atoms with Gasteiger partial charge in [-0.05, 0) is 34.7 Å². The lowest BCUT2D eigenvalue weighted by molar-refractivity contribution is 0.0745. The van der Waals surface area contributed by atoms with E-state index in [1.807, 2.05) is 54.2 Å². The minimum absolute atomic E-state index is 0.104. The molecule has 24 heavy (non-hydrogen) atoms. The first-order chi connectivity index (χ1) is 11.6. The zero-order chi connectivity index (χ0) is 17.1. The van der Waals surface area contributed by atoms with E-state index < -0.39 is 0 Å². The van der Waals surface area contributed by atoms with E-state index in [0.29, 0.717) is 13.1 Å². The first-order valence-electron chi connectivity index (χ1n) is 7.85. The topological polar surface area (TPSA) is 52.6 Å². The van der Waals surface area contributed by atoms with Crippen molar-refractivity contribution < 1.29 is 4.79 Å². The van der Waals surface area contributed by atoms with Gasteiger partial charge in [0.05, 0.1) is 17.4 Å². The summed E-state index contributed by atoms with van der Waals surface area (Å²) in [4.78, 5) is 18.8. The molecule has 0 aliphatic carbocycles. The van der Waals surface area contributed by atoms with Crippen LogP contribution in [0.25, 0.3) is 0 Å². The molecule has 1 aliphatic rings. The van der Waals surface area contributed by atoms with Gasteiger partial charge in [-0.15, -0.1) is 5.10 Å². The van der Waals surface area contributed by atoms with E-state index >= 15 is 0 Å². The van der Waals surface area contributed by atoms with Gasteiger partial charge < -0.3 is 14.7 Å². The standard InChI is InChI=1S/C17H20IN5O/c1-21(2)13-11-16(20-19-12-13)22-7-9-23(10-8-22)17(24)14-5-3-4-6-15(14)18/h3-6,11-12H,7-10H2,1-2H3. The van der Waals surface area contributed by atoms with Crippen LogP contribution in [0.15, 0.2) is 36.5 Å². The molecule has 1 aromatic carbocycles. The molecule has 0 radical (unpaired) electrons. The molecule has 0 unspecified atom stereocenters. The maximum Gasteiger partial charge on any atom is 0.255 e. The fourth-order valence-electron chi connectivity index (χ4n) is 2.69. The van der Waals surface area contributed by atoms with Crippen LogP contribution in [-0.2, 0) is 0 Å². The maximum atomic E-state index is 12.7. The second-order valence-corrected chi connectivity index (χ2v) is 7.09. The van der Waals surface area contributed by atoms with E-state index in [1.165, 1.54) is 0 Å². The van der Waals surface area contributed by atoms with E-state index in [1.54, 1.807) is 6.20 Å². The molecule has 6 nitrogen and oxygen atoms in total. The maximum absolute atomic E-state index is 12.7. The number of benzene rings is 1. The molecule has 1 saturated heterocycles. The van der Waals surface area contributed by atoms with Crippen molar-refractivity contribution in [3.63, 3.8) is 0 Å². The monoisotopic (exact) mass is 437 g/mol. The van der Waals surface area contributed by atoms with E-state index in [2.05, 4.69) is 37.7 Å². The Hall–Kier alpha value is -1.90. The zero-order valence-electron chi connectivity index (χ0n) is 13.8. The molecule has 1 aromatic heterocycles. The predicted molar refractivity (Wildman–Crippen MR) is 104 cm³/mol. The van der Waals surface area contributed by atoms with E-state index in [4.69, 9.17) is 0 Å². The highest BCUT2D eigenvalue weighted by atomic mass is 127. The number of carbonyl (C=O) groups is 1.